The molecule has 0 radical (unpaired) electrons. The molecule has 0 unspecified atom stereocenters. The Bertz CT molecular complexity index is 353. The smallest absolute Gasteiger partial charge is 0.229 e. The van der Waals surface area contributed by atoms with Gasteiger partial charge in [0.2, 0.25) is 5.89 Å². The Labute approximate surface area is 107 Å². The maximum absolute atomic E-state index is 5.37. The van der Waals surface area contributed by atoms with E-state index in [9.17, 15) is 0 Å². The number of hydrogen-bond donors (Lipinski definition) is 1. The van der Waals surface area contributed by atoms with Crippen molar-refractivity contribution >= 4 is 11.8 Å². The van der Waals surface area contributed by atoms with Crippen LogP contribution in [0.2, 0.25) is 0 Å². The van der Waals surface area contributed by atoms with Crippen molar-refractivity contribution in [3.8, 4) is 0 Å². The maximum Gasteiger partial charge on any atom is 0.229 e. The molecule has 4 nitrogen and oxygen atoms in total. The monoisotopic (exact) mass is 255 g/mol. The van der Waals surface area contributed by atoms with Crippen molar-refractivity contribution in [2.45, 2.75) is 50.0 Å². The van der Waals surface area contributed by atoms with Gasteiger partial charge in [-0.3, -0.25) is 0 Å². The molecule has 0 aromatic carbocycles. The second-order valence-electron chi connectivity index (χ2n) is 5.47. The van der Waals surface area contributed by atoms with Crippen LogP contribution in [0.3, 0.4) is 0 Å². The lowest BCUT2D eigenvalue weighted by Crippen LogP contribution is -2.26. The van der Waals surface area contributed by atoms with Crippen LogP contribution in [0.1, 0.15) is 51.2 Å². The van der Waals surface area contributed by atoms with E-state index in [1.807, 2.05) is 11.8 Å². The van der Waals surface area contributed by atoms with Gasteiger partial charge in [0, 0.05) is 10.7 Å². The van der Waals surface area contributed by atoms with Crippen LogP contribution in [0.5, 0.6) is 0 Å². The molecule has 1 fully saturated rings. The van der Waals surface area contributed by atoms with Crippen molar-refractivity contribution in [3.05, 3.63) is 11.7 Å². The van der Waals surface area contributed by atoms with Crippen molar-refractivity contribution in [2.75, 3.05) is 13.1 Å². The molecule has 1 N–H and O–H groups in total. The Morgan fingerprint density at radius 2 is 2.06 bits per heavy atom. The molecule has 1 aromatic rings. The van der Waals surface area contributed by atoms with E-state index >= 15 is 0 Å². The fourth-order valence-corrected chi connectivity index (χ4v) is 2.52. The lowest BCUT2D eigenvalue weighted by Gasteiger charge is -2.18. The van der Waals surface area contributed by atoms with E-state index in [2.05, 4.69) is 36.2 Å². The van der Waals surface area contributed by atoms with Crippen LogP contribution in [0, 0.1) is 0 Å². The number of hydrogen-bond acceptors (Lipinski definition) is 5. The molecule has 2 rings (SSSR count). The Hall–Kier alpha value is -0.550. The van der Waals surface area contributed by atoms with Crippen LogP contribution in [-0.2, 0) is 5.75 Å². The van der Waals surface area contributed by atoms with E-state index in [1.54, 1.807) is 0 Å². The van der Waals surface area contributed by atoms with E-state index in [0.29, 0.717) is 5.92 Å². The molecule has 1 saturated heterocycles. The van der Waals surface area contributed by atoms with E-state index < -0.39 is 0 Å². The van der Waals surface area contributed by atoms with Gasteiger partial charge in [0.25, 0.3) is 0 Å². The lowest BCUT2D eigenvalue weighted by atomic mass is 9.98. The van der Waals surface area contributed by atoms with Gasteiger partial charge in [-0.25, -0.2) is 0 Å². The molecule has 1 aliphatic heterocycles. The highest BCUT2D eigenvalue weighted by Crippen LogP contribution is 2.28. The SMILES string of the molecule is CC(C)(C)SCc1noc(C2CCNCC2)n1. The first-order valence-corrected chi connectivity index (χ1v) is 7.20. The summed E-state index contributed by atoms with van der Waals surface area (Å²) in [6.07, 6.45) is 2.21. The van der Waals surface area contributed by atoms with E-state index in [4.69, 9.17) is 4.52 Å². The van der Waals surface area contributed by atoms with Gasteiger partial charge in [0.05, 0.1) is 5.75 Å². The third kappa shape index (κ3) is 4.00. The Morgan fingerprint density at radius 1 is 1.35 bits per heavy atom. The number of aromatic nitrogens is 2. The average molecular weight is 255 g/mol. The summed E-state index contributed by atoms with van der Waals surface area (Å²) in [5.41, 5.74) is 0. The molecule has 96 valence electrons. The number of rotatable bonds is 3. The molecule has 0 amide bonds. The minimum atomic E-state index is 0.246. The molecule has 0 atom stereocenters. The van der Waals surface area contributed by atoms with E-state index in [1.165, 1.54) is 0 Å². The number of nitrogens with one attached hydrogen (secondary N) is 1. The molecule has 0 aliphatic carbocycles. The van der Waals surface area contributed by atoms with E-state index in [-0.39, 0.29) is 4.75 Å². The molecule has 0 saturated carbocycles. The van der Waals surface area contributed by atoms with Crippen molar-refractivity contribution in [2.24, 2.45) is 0 Å². The van der Waals surface area contributed by atoms with Gasteiger partial charge in [-0.15, -0.1) is 11.8 Å². The number of thioether (sulfide) groups is 1. The average Bonchev–Trinajstić information content (AvgIpc) is 2.75. The van der Waals surface area contributed by atoms with Crippen molar-refractivity contribution in [1.29, 1.82) is 0 Å². The third-order valence-corrected chi connectivity index (χ3v) is 4.08. The minimum Gasteiger partial charge on any atom is -0.339 e. The van der Waals surface area contributed by atoms with Gasteiger partial charge in [0.1, 0.15) is 0 Å². The molecular weight excluding hydrogens is 234 g/mol. The summed E-state index contributed by atoms with van der Waals surface area (Å²) in [5.74, 6) is 2.95. The molecule has 5 heteroatoms. The zero-order valence-electron chi connectivity index (χ0n) is 10.8. The molecule has 0 bridgehead atoms. The van der Waals surface area contributed by atoms with Gasteiger partial charge < -0.3 is 9.84 Å². The first-order valence-electron chi connectivity index (χ1n) is 6.22. The quantitative estimate of drug-likeness (QED) is 0.899. The third-order valence-electron chi connectivity index (χ3n) is 2.81. The summed E-state index contributed by atoms with van der Waals surface area (Å²) in [5, 5.41) is 7.41. The summed E-state index contributed by atoms with van der Waals surface area (Å²) >= 11 is 1.85. The van der Waals surface area contributed by atoms with Crippen LogP contribution in [0.15, 0.2) is 4.52 Å². The second kappa shape index (κ2) is 5.40. The highest BCUT2D eigenvalue weighted by molar-refractivity contribution is 7.99. The number of piperidine rings is 1. The van der Waals surface area contributed by atoms with Crippen molar-refractivity contribution < 1.29 is 4.52 Å². The van der Waals surface area contributed by atoms with Crippen LogP contribution < -0.4 is 5.32 Å². The van der Waals surface area contributed by atoms with Crippen LogP contribution >= 0.6 is 11.8 Å². The summed E-state index contributed by atoms with van der Waals surface area (Å²) in [7, 11) is 0. The molecule has 1 aromatic heterocycles. The van der Waals surface area contributed by atoms with Gasteiger partial charge in [-0.1, -0.05) is 25.9 Å². The summed E-state index contributed by atoms with van der Waals surface area (Å²) in [4.78, 5) is 4.51. The highest BCUT2D eigenvalue weighted by atomic mass is 32.2. The molecule has 2 heterocycles. The molecule has 1 aliphatic rings. The predicted molar refractivity (Wildman–Crippen MR) is 70.2 cm³/mol. The van der Waals surface area contributed by atoms with Gasteiger partial charge >= 0.3 is 0 Å². The summed E-state index contributed by atoms with van der Waals surface area (Å²) in [6.45, 7) is 8.71. The second-order valence-corrected chi connectivity index (χ2v) is 7.28. The highest BCUT2D eigenvalue weighted by Gasteiger charge is 2.21. The summed E-state index contributed by atoms with van der Waals surface area (Å²) in [6, 6.07) is 0. The minimum absolute atomic E-state index is 0.246. The zero-order valence-corrected chi connectivity index (χ0v) is 11.6. The topological polar surface area (TPSA) is 51.0 Å². The first-order chi connectivity index (χ1) is 8.04. The normalized spacial score (nSPS) is 18.5. The Balaban J connectivity index is 1.91. The fraction of sp³-hybridized carbons (Fsp3) is 0.833. The van der Waals surface area contributed by atoms with Gasteiger partial charge in [-0.2, -0.15) is 4.98 Å². The molecular formula is C12H21N3OS. The summed E-state index contributed by atoms with van der Waals surface area (Å²) < 4.78 is 5.61. The van der Waals surface area contributed by atoms with Gasteiger partial charge in [-0.05, 0) is 25.9 Å². The van der Waals surface area contributed by atoms with Crippen LogP contribution in [-0.4, -0.2) is 28.0 Å². The maximum atomic E-state index is 5.37. The van der Waals surface area contributed by atoms with Crippen molar-refractivity contribution in [3.63, 3.8) is 0 Å². The van der Waals surface area contributed by atoms with Crippen LogP contribution in [0.25, 0.3) is 0 Å². The van der Waals surface area contributed by atoms with E-state index in [0.717, 1.165) is 43.4 Å². The molecule has 0 spiro atoms. The first kappa shape index (κ1) is 12.9. The van der Waals surface area contributed by atoms with Crippen molar-refractivity contribution in [1.82, 2.24) is 15.5 Å². The van der Waals surface area contributed by atoms with Gasteiger partial charge in [0.15, 0.2) is 5.82 Å². The fourth-order valence-electron chi connectivity index (χ4n) is 1.84. The predicted octanol–water partition coefficient (Wildman–Crippen LogP) is 2.57. The Morgan fingerprint density at radius 3 is 2.71 bits per heavy atom. The number of nitrogens with zero attached hydrogens (tertiary/aromatic N) is 2. The van der Waals surface area contributed by atoms with Crippen LogP contribution in [0.4, 0.5) is 0 Å². The zero-order chi connectivity index (χ0) is 12.3. The largest absolute Gasteiger partial charge is 0.339 e. The Kier molecular flexibility index (Phi) is 4.09. The lowest BCUT2D eigenvalue weighted by molar-refractivity contribution is 0.318. The molecule has 17 heavy (non-hydrogen) atoms. The standard InChI is InChI=1S/C12H21N3OS/c1-12(2,3)17-8-10-14-11(16-15-10)9-4-6-13-7-5-9/h9,13H,4-8H2,1-3H3.